The highest BCUT2D eigenvalue weighted by atomic mass is 35.5. The number of hydrogen-bond donors (Lipinski definition) is 1. The first kappa shape index (κ1) is 13.4. The molecule has 1 aromatic heterocycles. The van der Waals surface area contributed by atoms with Gasteiger partial charge in [-0.05, 0) is 42.5 Å². The van der Waals surface area contributed by atoms with Crippen LogP contribution in [0.2, 0.25) is 10.0 Å². The maximum Gasteiger partial charge on any atom is 0.124 e. The fourth-order valence-corrected chi connectivity index (χ4v) is 3.06. The van der Waals surface area contributed by atoms with E-state index >= 15 is 0 Å². The predicted octanol–water partition coefficient (Wildman–Crippen LogP) is 5.37. The quantitative estimate of drug-likeness (QED) is 0.645. The van der Waals surface area contributed by atoms with Crippen LogP contribution in [0.15, 0.2) is 47.8 Å². The molecule has 2 aromatic carbocycles. The van der Waals surface area contributed by atoms with Crippen LogP contribution >= 0.6 is 34.5 Å². The fourth-order valence-electron chi connectivity index (χ4n) is 1.85. The first-order chi connectivity index (χ1) is 9.63. The van der Waals surface area contributed by atoms with Crippen LogP contribution in [-0.4, -0.2) is 4.98 Å². The zero-order chi connectivity index (χ0) is 14.1. The second kappa shape index (κ2) is 5.44. The number of aromatic nitrogens is 1. The Labute approximate surface area is 130 Å². The van der Waals surface area contributed by atoms with Crippen molar-refractivity contribution in [3.8, 4) is 21.8 Å². The van der Waals surface area contributed by atoms with Gasteiger partial charge in [0.15, 0.2) is 0 Å². The Morgan fingerprint density at radius 1 is 1.00 bits per heavy atom. The van der Waals surface area contributed by atoms with Crippen molar-refractivity contribution in [3.05, 3.63) is 57.9 Å². The molecular weight excluding hydrogens is 311 g/mol. The van der Waals surface area contributed by atoms with Gasteiger partial charge < -0.3 is 5.73 Å². The average molecular weight is 321 g/mol. The molecule has 20 heavy (non-hydrogen) atoms. The van der Waals surface area contributed by atoms with Crippen LogP contribution in [0.3, 0.4) is 0 Å². The lowest BCUT2D eigenvalue weighted by Crippen LogP contribution is -1.84. The molecule has 2 nitrogen and oxygen atoms in total. The van der Waals surface area contributed by atoms with E-state index in [0.717, 1.165) is 27.5 Å². The molecule has 0 amide bonds. The van der Waals surface area contributed by atoms with Crippen molar-refractivity contribution < 1.29 is 0 Å². The summed E-state index contributed by atoms with van der Waals surface area (Å²) in [7, 11) is 0. The molecule has 1 heterocycles. The Kier molecular flexibility index (Phi) is 3.66. The number of halogens is 2. The van der Waals surface area contributed by atoms with Crippen LogP contribution in [-0.2, 0) is 0 Å². The van der Waals surface area contributed by atoms with E-state index in [1.807, 2.05) is 35.7 Å². The smallest absolute Gasteiger partial charge is 0.124 e. The van der Waals surface area contributed by atoms with Crippen molar-refractivity contribution in [2.24, 2.45) is 0 Å². The third kappa shape index (κ3) is 2.66. The molecule has 0 radical (unpaired) electrons. The number of nitrogens with zero attached hydrogens (tertiary/aromatic N) is 1. The van der Waals surface area contributed by atoms with Crippen LogP contribution in [0.25, 0.3) is 21.8 Å². The van der Waals surface area contributed by atoms with E-state index in [-0.39, 0.29) is 0 Å². The van der Waals surface area contributed by atoms with E-state index in [1.165, 1.54) is 0 Å². The van der Waals surface area contributed by atoms with Gasteiger partial charge in [0.05, 0.1) is 10.7 Å². The third-order valence-corrected chi connectivity index (χ3v) is 4.32. The highest BCUT2D eigenvalue weighted by Crippen LogP contribution is 2.34. The maximum atomic E-state index is 6.20. The van der Waals surface area contributed by atoms with Crippen molar-refractivity contribution in [2.75, 3.05) is 5.73 Å². The van der Waals surface area contributed by atoms with Crippen LogP contribution < -0.4 is 5.73 Å². The lowest BCUT2D eigenvalue weighted by Gasteiger charge is -2.01. The van der Waals surface area contributed by atoms with E-state index < -0.39 is 0 Å². The molecular formula is C15H10Cl2N2S. The number of benzene rings is 2. The third-order valence-electron chi connectivity index (χ3n) is 2.87. The van der Waals surface area contributed by atoms with Gasteiger partial charge in [0.25, 0.3) is 0 Å². The summed E-state index contributed by atoms with van der Waals surface area (Å²) in [5, 5.41) is 4.19. The number of rotatable bonds is 2. The molecule has 0 saturated heterocycles. The van der Waals surface area contributed by atoms with Gasteiger partial charge in [0, 0.05) is 27.2 Å². The van der Waals surface area contributed by atoms with Gasteiger partial charge in [0.1, 0.15) is 5.01 Å². The lowest BCUT2D eigenvalue weighted by molar-refractivity contribution is 1.40. The van der Waals surface area contributed by atoms with Gasteiger partial charge in [-0.2, -0.15) is 0 Å². The van der Waals surface area contributed by atoms with E-state index in [9.17, 15) is 0 Å². The van der Waals surface area contributed by atoms with Gasteiger partial charge in [0.2, 0.25) is 0 Å². The largest absolute Gasteiger partial charge is 0.399 e. The Balaban J connectivity index is 2.01. The molecule has 0 fully saturated rings. The normalized spacial score (nSPS) is 10.7. The Morgan fingerprint density at radius 2 is 1.75 bits per heavy atom. The minimum absolute atomic E-state index is 0.642. The van der Waals surface area contributed by atoms with Gasteiger partial charge in [-0.15, -0.1) is 11.3 Å². The second-order valence-electron chi connectivity index (χ2n) is 4.28. The van der Waals surface area contributed by atoms with Gasteiger partial charge >= 0.3 is 0 Å². The molecule has 3 rings (SSSR count). The SMILES string of the molecule is Nc1ccc(-c2nc(-c3cc(Cl)ccc3Cl)cs2)cc1. The molecule has 100 valence electrons. The molecule has 0 aliphatic carbocycles. The van der Waals surface area contributed by atoms with Crippen molar-refractivity contribution in [2.45, 2.75) is 0 Å². The van der Waals surface area contributed by atoms with Crippen molar-refractivity contribution >= 4 is 40.2 Å². The van der Waals surface area contributed by atoms with E-state index in [4.69, 9.17) is 28.9 Å². The Hall–Kier alpha value is -1.55. The molecule has 2 N–H and O–H groups in total. The average Bonchev–Trinajstić information content (AvgIpc) is 2.92. The zero-order valence-corrected chi connectivity index (χ0v) is 12.6. The van der Waals surface area contributed by atoms with Crippen molar-refractivity contribution in [3.63, 3.8) is 0 Å². The maximum absolute atomic E-state index is 6.20. The van der Waals surface area contributed by atoms with Crippen LogP contribution in [0.5, 0.6) is 0 Å². The van der Waals surface area contributed by atoms with Crippen molar-refractivity contribution in [1.29, 1.82) is 0 Å². The van der Waals surface area contributed by atoms with Gasteiger partial charge in [-0.25, -0.2) is 4.98 Å². The lowest BCUT2D eigenvalue weighted by atomic mass is 10.1. The molecule has 0 aliphatic rings. The zero-order valence-electron chi connectivity index (χ0n) is 10.3. The minimum Gasteiger partial charge on any atom is -0.399 e. The standard InChI is InChI=1S/C15H10Cl2N2S/c16-10-3-6-13(17)12(7-10)14-8-20-15(19-14)9-1-4-11(18)5-2-9/h1-8H,18H2. The minimum atomic E-state index is 0.642. The summed E-state index contributed by atoms with van der Waals surface area (Å²) in [4.78, 5) is 4.62. The first-order valence-corrected chi connectivity index (χ1v) is 7.54. The molecule has 0 spiro atoms. The monoisotopic (exact) mass is 320 g/mol. The molecule has 0 atom stereocenters. The van der Waals surface area contributed by atoms with Crippen LogP contribution in [0.1, 0.15) is 0 Å². The molecule has 3 aromatic rings. The Morgan fingerprint density at radius 3 is 2.50 bits per heavy atom. The van der Waals surface area contributed by atoms with Gasteiger partial charge in [-0.1, -0.05) is 23.2 Å². The van der Waals surface area contributed by atoms with E-state index in [0.29, 0.717) is 10.0 Å². The molecule has 5 heteroatoms. The summed E-state index contributed by atoms with van der Waals surface area (Å²) in [5.74, 6) is 0. The number of nitrogens with two attached hydrogens (primary N) is 1. The number of nitrogen functional groups attached to an aromatic ring is 1. The molecule has 0 bridgehead atoms. The van der Waals surface area contributed by atoms with E-state index in [2.05, 4.69) is 4.98 Å². The molecule has 0 unspecified atom stereocenters. The van der Waals surface area contributed by atoms with Crippen LogP contribution in [0.4, 0.5) is 5.69 Å². The number of thiazole rings is 1. The van der Waals surface area contributed by atoms with E-state index in [1.54, 1.807) is 23.5 Å². The van der Waals surface area contributed by atoms with Crippen LogP contribution in [0, 0.1) is 0 Å². The summed E-state index contributed by atoms with van der Waals surface area (Å²) < 4.78 is 0. The highest BCUT2D eigenvalue weighted by Gasteiger charge is 2.10. The number of anilines is 1. The predicted molar refractivity (Wildman–Crippen MR) is 87.4 cm³/mol. The Bertz CT molecular complexity index is 751. The van der Waals surface area contributed by atoms with Gasteiger partial charge in [-0.3, -0.25) is 0 Å². The highest BCUT2D eigenvalue weighted by molar-refractivity contribution is 7.13. The first-order valence-electron chi connectivity index (χ1n) is 5.90. The molecule has 0 aliphatic heterocycles. The summed E-state index contributed by atoms with van der Waals surface area (Å²) >= 11 is 13.8. The second-order valence-corrected chi connectivity index (χ2v) is 5.99. The topological polar surface area (TPSA) is 38.9 Å². The summed E-state index contributed by atoms with van der Waals surface area (Å²) in [6.45, 7) is 0. The molecule has 0 saturated carbocycles. The number of hydrogen-bond acceptors (Lipinski definition) is 3. The fraction of sp³-hybridized carbons (Fsp3) is 0. The van der Waals surface area contributed by atoms with Crippen molar-refractivity contribution in [1.82, 2.24) is 4.98 Å². The summed E-state index contributed by atoms with van der Waals surface area (Å²) in [6, 6.07) is 13.0. The summed E-state index contributed by atoms with van der Waals surface area (Å²) in [6.07, 6.45) is 0. The summed E-state index contributed by atoms with van der Waals surface area (Å²) in [5.41, 5.74) is 9.14.